The zero-order chi connectivity index (χ0) is 22.8. The molecule has 0 aliphatic carbocycles. The number of hydrogen-bond acceptors (Lipinski definition) is 8. The Morgan fingerprint density at radius 3 is 1.50 bits per heavy atom. The van der Waals surface area contributed by atoms with Gasteiger partial charge in [-0.15, -0.1) is 23.5 Å². The van der Waals surface area contributed by atoms with Gasteiger partial charge in [-0.3, -0.25) is 9.59 Å². The van der Waals surface area contributed by atoms with E-state index in [4.69, 9.17) is 11.5 Å². The van der Waals surface area contributed by atoms with E-state index in [2.05, 4.69) is 20.6 Å². The van der Waals surface area contributed by atoms with Gasteiger partial charge in [0, 0.05) is 51.8 Å². The second-order valence-corrected chi connectivity index (χ2v) is 8.86. The highest BCUT2D eigenvalue weighted by atomic mass is 32.2. The van der Waals surface area contributed by atoms with Crippen LogP contribution in [0.4, 0.5) is 11.4 Å². The monoisotopic (exact) mass is 468 g/mol. The number of carbonyl (C=O) groups excluding carboxylic acids is 2. The molecule has 0 saturated heterocycles. The zero-order valence-electron chi connectivity index (χ0n) is 17.3. The number of amides is 2. The van der Waals surface area contributed by atoms with E-state index >= 15 is 0 Å². The molecule has 0 saturated carbocycles. The third kappa shape index (κ3) is 7.06. The van der Waals surface area contributed by atoms with E-state index in [0.717, 1.165) is 21.3 Å². The summed E-state index contributed by atoms with van der Waals surface area (Å²) >= 11 is 3.29. The maximum absolute atomic E-state index is 12.6. The topological polar surface area (TPSA) is 136 Å². The lowest BCUT2D eigenvalue weighted by molar-refractivity contribution is 0.102. The molecule has 32 heavy (non-hydrogen) atoms. The van der Waals surface area contributed by atoms with Crippen LogP contribution in [0, 0.1) is 0 Å². The molecule has 0 bridgehead atoms. The molecular formula is C22H24N6O2S2. The van der Waals surface area contributed by atoms with Gasteiger partial charge < -0.3 is 22.1 Å². The van der Waals surface area contributed by atoms with Crippen molar-refractivity contribution in [2.75, 3.05) is 35.2 Å². The summed E-state index contributed by atoms with van der Waals surface area (Å²) in [5.74, 6) is 0.805. The average molecular weight is 469 g/mol. The van der Waals surface area contributed by atoms with E-state index in [1.54, 1.807) is 47.8 Å². The summed E-state index contributed by atoms with van der Waals surface area (Å²) in [5, 5.41) is 5.55. The molecule has 1 aromatic heterocycles. The Hall–Kier alpha value is -2.92. The van der Waals surface area contributed by atoms with Gasteiger partial charge in [0.05, 0.1) is 0 Å². The highest BCUT2D eigenvalue weighted by Gasteiger charge is 2.14. The van der Waals surface area contributed by atoms with Gasteiger partial charge in [-0.05, 0) is 48.5 Å². The molecule has 0 aliphatic rings. The quantitative estimate of drug-likeness (QED) is 0.333. The molecule has 2 amide bonds. The number of carbonyl (C=O) groups is 2. The van der Waals surface area contributed by atoms with Gasteiger partial charge in [0.2, 0.25) is 0 Å². The second kappa shape index (κ2) is 12.2. The van der Waals surface area contributed by atoms with E-state index in [0.29, 0.717) is 24.5 Å². The smallest absolute Gasteiger partial charge is 0.274 e. The highest BCUT2D eigenvalue weighted by molar-refractivity contribution is 7.99. The predicted octanol–water partition coefficient (Wildman–Crippen LogP) is 3.08. The maximum atomic E-state index is 12.6. The van der Waals surface area contributed by atoms with Gasteiger partial charge >= 0.3 is 0 Å². The van der Waals surface area contributed by atoms with Gasteiger partial charge in [0.1, 0.15) is 17.7 Å². The van der Waals surface area contributed by atoms with Crippen molar-refractivity contribution >= 4 is 46.7 Å². The Morgan fingerprint density at radius 1 is 0.719 bits per heavy atom. The Balaban J connectivity index is 1.61. The molecule has 3 aromatic rings. The van der Waals surface area contributed by atoms with Crippen molar-refractivity contribution in [3.63, 3.8) is 0 Å². The lowest BCUT2D eigenvalue weighted by Gasteiger charge is -2.08. The third-order valence-corrected chi connectivity index (χ3v) is 6.22. The summed E-state index contributed by atoms with van der Waals surface area (Å²) in [6.45, 7) is 1.21. The standard InChI is InChI=1S/C22H24N6O2S2/c23-9-11-31-17-5-1-15(2-6-17)27-21(29)19-13-20(26-14-25-19)22(30)28-16-3-7-18(8-4-16)32-12-10-24/h1-8,13-14H,9-12,23-24H2,(H,27,29)(H,28,30). The first kappa shape index (κ1) is 23.7. The van der Waals surface area contributed by atoms with E-state index < -0.39 is 11.8 Å². The minimum absolute atomic E-state index is 0.0975. The van der Waals surface area contributed by atoms with E-state index in [9.17, 15) is 9.59 Å². The molecule has 0 unspecified atom stereocenters. The van der Waals surface area contributed by atoms with E-state index in [1.807, 2.05) is 24.3 Å². The number of aromatic nitrogens is 2. The molecule has 0 spiro atoms. The van der Waals surface area contributed by atoms with Crippen LogP contribution in [0.1, 0.15) is 21.0 Å². The summed E-state index contributed by atoms with van der Waals surface area (Å²) in [6, 6.07) is 16.2. The number of hydrogen-bond donors (Lipinski definition) is 4. The number of benzene rings is 2. The fourth-order valence-electron chi connectivity index (χ4n) is 2.62. The summed E-state index contributed by atoms with van der Waals surface area (Å²) in [7, 11) is 0. The summed E-state index contributed by atoms with van der Waals surface area (Å²) in [6.07, 6.45) is 1.20. The third-order valence-electron chi connectivity index (χ3n) is 4.13. The molecule has 166 valence electrons. The van der Waals surface area contributed by atoms with Crippen LogP contribution < -0.4 is 22.1 Å². The van der Waals surface area contributed by atoms with Crippen LogP contribution in [0.3, 0.4) is 0 Å². The van der Waals surface area contributed by atoms with Crippen LogP contribution in [0.2, 0.25) is 0 Å². The van der Waals surface area contributed by atoms with Gasteiger partial charge in [-0.1, -0.05) is 0 Å². The lowest BCUT2D eigenvalue weighted by Crippen LogP contribution is -2.18. The first-order valence-electron chi connectivity index (χ1n) is 9.89. The molecular weight excluding hydrogens is 444 g/mol. The van der Waals surface area contributed by atoms with Crippen molar-refractivity contribution in [3.8, 4) is 0 Å². The number of anilines is 2. The predicted molar refractivity (Wildman–Crippen MR) is 130 cm³/mol. The van der Waals surface area contributed by atoms with Crippen LogP contribution in [0.25, 0.3) is 0 Å². The molecule has 0 atom stereocenters. The SMILES string of the molecule is NCCSc1ccc(NC(=O)c2cc(C(=O)Nc3ccc(SCCN)cc3)ncn2)cc1. The number of thioether (sulfide) groups is 2. The zero-order valence-corrected chi connectivity index (χ0v) is 18.9. The highest BCUT2D eigenvalue weighted by Crippen LogP contribution is 2.21. The van der Waals surface area contributed by atoms with Crippen LogP contribution in [0.15, 0.2) is 70.7 Å². The van der Waals surface area contributed by atoms with Crippen molar-refractivity contribution < 1.29 is 9.59 Å². The molecule has 2 aromatic carbocycles. The first-order valence-corrected chi connectivity index (χ1v) is 11.9. The molecule has 10 heteroatoms. The summed E-state index contributed by atoms with van der Waals surface area (Å²) in [4.78, 5) is 35.2. The Kier molecular flexibility index (Phi) is 9.05. The minimum atomic E-state index is -0.426. The second-order valence-electron chi connectivity index (χ2n) is 6.52. The number of nitrogens with one attached hydrogen (secondary N) is 2. The summed E-state index contributed by atoms with van der Waals surface area (Å²) < 4.78 is 0. The van der Waals surface area contributed by atoms with Crippen LogP contribution in [-0.4, -0.2) is 46.4 Å². The van der Waals surface area contributed by atoms with Gasteiger partial charge in [-0.2, -0.15) is 0 Å². The fourth-order valence-corrected chi connectivity index (χ4v) is 3.98. The van der Waals surface area contributed by atoms with Crippen LogP contribution in [-0.2, 0) is 0 Å². The molecule has 0 fully saturated rings. The Bertz CT molecular complexity index is 964. The largest absolute Gasteiger partial charge is 0.330 e. The molecule has 0 radical (unpaired) electrons. The number of rotatable bonds is 10. The Morgan fingerprint density at radius 2 is 1.12 bits per heavy atom. The van der Waals surface area contributed by atoms with Crippen LogP contribution >= 0.6 is 23.5 Å². The summed E-state index contributed by atoms with van der Waals surface area (Å²) in [5.41, 5.74) is 12.5. The fraction of sp³-hybridized carbons (Fsp3) is 0.182. The van der Waals surface area contributed by atoms with Crippen molar-refractivity contribution in [3.05, 3.63) is 72.3 Å². The molecule has 8 nitrogen and oxygen atoms in total. The van der Waals surface area contributed by atoms with Gasteiger partial charge in [0.25, 0.3) is 11.8 Å². The van der Waals surface area contributed by atoms with E-state index in [-0.39, 0.29) is 11.4 Å². The number of nitrogens with two attached hydrogens (primary N) is 2. The average Bonchev–Trinajstić information content (AvgIpc) is 2.83. The molecule has 3 rings (SSSR count). The van der Waals surface area contributed by atoms with E-state index in [1.165, 1.54) is 12.4 Å². The van der Waals surface area contributed by atoms with Crippen molar-refractivity contribution in [1.82, 2.24) is 9.97 Å². The first-order chi connectivity index (χ1) is 15.6. The van der Waals surface area contributed by atoms with Crippen molar-refractivity contribution in [2.24, 2.45) is 11.5 Å². The Labute approximate surface area is 195 Å². The normalized spacial score (nSPS) is 10.6. The molecule has 0 aliphatic heterocycles. The van der Waals surface area contributed by atoms with Crippen molar-refractivity contribution in [1.29, 1.82) is 0 Å². The maximum Gasteiger partial charge on any atom is 0.274 e. The van der Waals surface area contributed by atoms with Crippen molar-refractivity contribution in [2.45, 2.75) is 9.79 Å². The van der Waals surface area contributed by atoms with Crippen LogP contribution in [0.5, 0.6) is 0 Å². The molecule has 6 N–H and O–H groups in total. The molecule has 1 heterocycles. The number of nitrogens with zero attached hydrogens (tertiary/aromatic N) is 2. The minimum Gasteiger partial charge on any atom is -0.330 e. The van der Waals surface area contributed by atoms with Gasteiger partial charge in [-0.25, -0.2) is 9.97 Å². The lowest BCUT2D eigenvalue weighted by atomic mass is 10.2. The van der Waals surface area contributed by atoms with Gasteiger partial charge in [0.15, 0.2) is 0 Å².